The fourth-order valence-electron chi connectivity index (χ4n) is 6.29. The summed E-state index contributed by atoms with van der Waals surface area (Å²) in [5.41, 5.74) is 1.49. The van der Waals surface area contributed by atoms with Gasteiger partial charge < -0.3 is 47.1 Å². The first-order chi connectivity index (χ1) is 29.7. The van der Waals surface area contributed by atoms with Gasteiger partial charge in [-0.15, -0.1) is 0 Å². The standard InChI is InChI=1S/C43H63N7O10S2/c1-28(2)24-34(40(55)48-35(41(56)57)25-29-14-8-6-9-15-29)47-39(54)33(20-23-62-5)50-43(59)44-21-13-12-18-32(46-37(52)31(45-27-51)19-22-61-4)38(53)49-36(42(58)60-3)26-30-16-10-7-11-17-30/h6-11,14-17,27-28,31-36H,12-13,18-26H2,1-5H3,(H,45,51)(H,46,52)(H,47,54)(H,48,55)(H,49,53)(H,56,57)(H2,44,50,59)/t31-,32-,33-,34-,35-,36-/m0/s1. The molecular formula is C43H63N7O10S2. The van der Waals surface area contributed by atoms with Crippen LogP contribution in [0.15, 0.2) is 60.7 Å². The molecule has 0 heterocycles. The van der Waals surface area contributed by atoms with Gasteiger partial charge in [-0.05, 0) is 79.6 Å². The molecule has 0 radical (unpaired) electrons. The second kappa shape index (κ2) is 29.9. The average molecular weight is 902 g/mol. The molecule has 0 aliphatic rings. The van der Waals surface area contributed by atoms with Crippen LogP contribution in [0.2, 0.25) is 0 Å². The fraction of sp³-hybridized carbons (Fsp3) is 0.535. The number of benzene rings is 2. The van der Waals surface area contributed by atoms with E-state index < -0.39 is 77.8 Å². The Labute approximate surface area is 372 Å². The summed E-state index contributed by atoms with van der Waals surface area (Å²) < 4.78 is 4.94. The predicted molar refractivity (Wildman–Crippen MR) is 240 cm³/mol. The van der Waals surface area contributed by atoms with Crippen molar-refractivity contribution in [1.29, 1.82) is 0 Å². The third-order valence-corrected chi connectivity index (χ3v) is 10.9. The third-order valence-electron chi connectivity index (χ3n) is 9.59. The topological polar surface area (TPSA) is 250 Å². The fourth-order valence-corrected chi connectivity index (χ4v) is 7.24. The van der Waals surface area contributed by atoms with Crippen LogP contribution in [-0.2, 0) is 51.1 Å². The zero-order chi connectivity index (χ0) is 45.9. The van der Waals surface area contributed by atoms with Crippen LogP contribution >= 0.6 is 23.5 Å². The minimum absolute atomic E-state index is 0.0403. The van der Waals surface area contributed by atoms with E-state index in [1.807, 2.05) is 32.4 Å². The number of thioether (sulfide) groups is 2. The van der Waals surface area contributed by atoms with E-state index in [0.717, 1.165) is 11.1 Å². The molecule has 2 aromatic rings. The zero-order valence-electron chi connectivity index (χ0n) is 36.1. The molecular weight excluding hydrogens is 839 g/mol. The molecule has 17 nitrogen and oxygen atoms in total. The van der Waals surface area contributed by atoms with Gasteiger partial charge in [0, 0.05) is 19.4 Å². The van der Waals surface area contributed by atoms with Crippen LogP contribution < -0.4 is 37.2 Å². The largest absolute Gasteiger partial charge is 0.480 e. The Kier molecular flexibility index (Phi) is 25.5. The molecule has 0 aromatic heterocycles. The Morgan fingerprint density at radius 2 is 1.10 bits per heavy atom. The number of aliphatic carboxylic acids is 1. The minimum atomic E-state index is -1.23. The lowest BCUT2D eigenvalue weighted by Crippen LogP contribution is -2.57. The molecule has 8 N–H and O–H groups in total. The molecule has 0 saturated carbocycles. The van der Waals surface area contributed by atoms with Crippen molar-refractivity contribution in [3.63, 3.8) is 0 Å². The summed E-state index contributed by atoms with van der Waals surface area (Å²) in [5.74, 6) is -3.31. The second-order valence-electron chi connectivity index (χ2n) is 15.0. The first-order valence-corrected chi connectivity index (χ1v) is 23.3. The molecule has 7 amide bonds. The molecule has 0 aliphatic carbocycles. The highest BCUT2D eigenvalue weighted by Gasteiger charge is 2.31. The molecule has 0 unspecified atom stereocenters. The van der Waals surface area contributed by atoms with Crippen molar-refractivity contribution < 1.29 is 48.2 Å². The van der Waals surface area contributed by atoms with E-state index in [2.05, 4.69) is 37.2 Å². The third kappa shape index (κ3) is 20.5. The van der Waals surface area contributed by atoms with E-state index in [9.17, 15) is 43.5 Å². The average Bonchev–Trinajstić information content (AvgIpc) is 3.25. The number of carbonyl (C=O) groups is 8. The highest BCUT2D eigenvalue weighted by molar-refractivity contribution is 7.98. The van der Waals surface area contributed by atoms with Crippen LogP contribution in [0.4, 0.5) is 4.79 Å². The maximum Gasteiger partial charge on any atom is 0.328 e. The van der Waals surface area contributed by atoms with Crippen molar-refractivity contribution in [2.75, 3.05) is 37.7 Å². The van der Waals surface area contributed by atoms with Crippen LogP contribution in [0.1, 0.15) is 63.5 Å². The van der Waals surface area contributed by atoms with Gasteiger partial charge in [-0.25, -0.2) is 14.4 Å². The number of carboxylic acids is 1. The number of ether oxygens (including phenoxy) is 1. The minimum Gasteiger partial charge on any atom is -0.480 e. The first kappa shape index (κ1) is 52.8. The second-order valence-corrected chi connectivity index (χ2v) is 16.9. The lowest BCUT2D eigenvalue weighted by atomic mass is 10.0. The molecule has 2 rings (SSSR count). The summed E-state index contributed by atoms with van der Waals surface area (Å²) in [5, 5.41) is 28.5. The highest BCUT2D eigenvalue weighted by Crippen LogP contribution is 2.11. The molecule has 6 atom stereocenters. The summed E-state index contributed by atoms with van der Waals surface area (Å²) in [6, 6.07) is 10.9. The summed E-state index contributed by atoms with van der Waals surface area (Å²) in [6.07, 6.45) is 5.90. The van der Waals surface area contributed by atoms with Gasteiger partial charge in [0.2, 0.25) is 30.0 Å². The van der Waals surface area contributed by atoms with Crippen molar-refractivity contribution in [2.45, 2.75) is 101 Å². The van der Waals surface area contributed by atoms with E-state index in [-0.39, 0.29) is 44.6 Å². The van der Waals surface area contributed by atoms with Gasteiger partial charge in [-0.3, -0.25) is 24.0 Å². The number of esters is 1. The Hall–Kier alpha value is -5.30. The Morgan fingerprint density at radius 3 is 1.61 bits per heavy atom. The SMILES string of the molecule is COC(=O)[C@H](Cc1ccccc1)NC(=O)[C@H](CCCCNC(=O)N[C@@H](CCSC)C(=O)N[C@@H](CC(C)C)C(=O)N[C@@H](Cc1ccccc1)C(=O)O)NC(=O)[C@H](CCSC)NC=O. The van der Waals surface area contributed by atoms with Crippen LogP contribution in [-0.4, -0.2) is 127 Å². The van der Waals surface area contributed by atoms with Crippen molar-refractivity contribution >= 4 is 71.5 Å². The number of rotatable bonds is 30. The van der Waals surface area contributed by atoms with E-state index in [4.69, 9.17) is 4.74 Å². The van der Waals surface area contributed by atoms with Crippen molar-refractivity contribution in [3.8, 4) is 0 Å². The van der Waals surface area contributed by atoms with Gasteiger partial charge in [0.05, 0.1) is 7.11 Å². The van der Waals surface area contributed by atoms with E-state index in [0.29, 0.717) is 37.2 Å². The first-order valence-electron chi connectivity index (χ1n) is 20.5. The van der Waals surface area contributed by atoms with E-state index >= 15 is 0 Å². The molecule has 342 valence electrons. The Bertz CT molecular complexity index is 1720. The molecule has 62 heavy (non-hydrogen) atoms. The molecule has 0 fully saturated rings. The number of hydrogen-bond donors (Lipinski definition) is 8. The van der Waals surface area contributed by atoms with Crippen molar-refractivity contribution in [1.82, 2.24) is 37.2 Å². The van der Waals surface area contributed by atoms with Crippen LogP contribution in [0, 0.1) is 5.92 Å². The number of carboxylic acid groups (broad SMARTS) is 1. The lowest BCUT2D eigenvalue weighted by Gasteiger charge is -2.25. The van der Waals surface area contributed by atoms with Gasteiger partial charge in [0.1, 0.15) is 36.3 Å². The number of nitrogens with one attached hydrogen (secondary N) is 7. The van der Waals surface area contributed by atoms with Crippen LogP contribution in [0.5, 0.6) is 0 Å². The monoisotopic (exact) mass is 901 g/mol. The summed E-state index contributed by atoms with van der Waals surface area (Å²) in [6.45, 7) is 3.86. The Balaban J connectivity index is 2.10. The highest BCUT2D eigenvalue weighted by atomic mass is 32.2. The van der Waals surface area contributed by atoms with Gasteiger partial charge >= 0.3 is 18.0 Å². The molecule has 0 bridgehead atoms. The molecule has 0 aliphatic heterocycles. The number of amides is 7. The van der Waals surface area contributed by atoms with Crippen LogP contribution in [0.25, 0.3) is 0 Å². The van der Waals surface area contributed by atoms with Crippen molar-refractivity contribution in [3.05, 3.63) is 71.8 Å². The Morgan fingerprint density at radius 1 is 0.629 bits per heavy atom. The van der Waals surface area contributed by atoms with Gasteiger partial charge in [-0.1, -0.05) is 74.5 Å². The van der Waals surface area contributed by atoms with Crippen LogP contribution in [0.3, 0.4) is 0 Å². The molecule has 19 heteroatoms. The molecule has 0 spiro atoms. The number of hydrogen-bond acceptors (Lipinski definition) is 11. The summed E-state index contributed by atoms with van der Waals surface area (Å²) in [4.78, 5) is 103. The van der Waals surface area contributed by atoms with E-state index in [1.165, 1.54) is 30.6 Å². The summed E-state index contributed by atoms with van der Waals surface area (Å²) in [7, 11) is 1.21. The smallest absolute Gasteiger partial charge is 0.328 e. The number of unbranched alkanes of at least 4 members (excludes halogenated alkanes) is 1. The molecule has 2 aromatic carbocycles. The maximum atomic E-state index is 13.7. The number of methoxy groups -OCH3 is 1. The quantitative estimate of drug-likeness (QED) is 0.0319. The van der Waals surface area contributed by atoms with E-state index in [1.54, 1.807) is 54.6 Å². The summed E-state index contributed by atoms with van der Waals surface area (Å²) >= 11 is 2.95. The van der Waals surface area contributed by atoms with Crippen molar-refractivity contribution in [2.24, 2.45) is 5.92 Å². The number of urea groups is 1. The maximum absolute atomic E-state index is 13.7. The normalized spacial score (nSPS) is 13.8. The zero-order valence-corrected chi connectivity index (χ0v) is 37.7. The van der Waals surface area contributed by atoms with Gasteiger partial charge in [0.15, 0.2) is 0 Å². The van der Waals surface area contributed by atoms with Gasteiger partial charge in [-0.2, -0.15) is 23.5 Å². The lowest BCUT2D eigenvalue weighted by molar-refractivity contribution is -0.145. The predicted octanol–water partition coefficient (Wildman–Crippen LogP) is 2.17. The molecule has 0 saturated heterocycles. The van der Waals surface area contributed by atoms with Gasteiger partial charge in [0.25, 0.3) is 0 Å². The number of carbonyl (C=O) groups excluding carboxylic acids is 7.